The molecule has 6 heteroatoms. The van der Waals surface area contributed by atoms with Gasteiger partial charge in [-0.3, -0.25) is 0 Å². The normalized spacial score (nSPS) is 10.8. The Morgan fingerprint density at radius 2 is 2.15 bits per heavy atom. The molecule has 0 radical (unpaired) electrons. The molecule has 0 fully saturated rings. The molecular formula is C7H8F2IN3. The summed E-state index contributed by atoms with van der Waals surface area (Å²) in [5, 5.41) is 0. The molecule has 0 atom stereocenters. The second kappa shape index (κ2) is 4.14. The van der Waals surface area contributed by atoms with Crippen molar-refractivity contribution in [2.45, 2.75) is 13.0 Å². The molecule has 72 valence electrons. The molecule has 0 aliphatic rings. The molecule has 1 aromatic heterocycles. The van der Waals surface area contributed by atoms with Crippen LogP contribution in [0.3, 0.4) is 0 Å². The summed E-state index contributed by atoms with van der Waals surface area (Å²) in [6.07, 6.45) is -1.27. The fraction of sp³-hybridized carbons (Fsp3) is 0.286. The van der Waals surface area contributed by atoms with Crippen molar-refractivity contribution in [3.63, 3.8) is 0 Å². The Morgan fingerprint density at radius 1 is 1.54 bits per heavy atom. The molecule has 3 nitrogen and oxygen atoms in total. The number of alkyl halides is 2. The summed E-state index contributed by atoms with van der Waals surface area (Å²) in [7, 11) is 0. The molecule has 0 spiro atoms. The Morgan fingerprint density at radius 3 is 2.62 bits per heavy atom. The van der Waals surface area contributed by atoms with E-state index in [1.165, 1.54) is 6.20 Å². The first kappa shape index (κ1) is 10.6. The summed E-state index contributed by atoms with van der Waals surface area (Å²) in [5.74, 6) is 0.119. The lowest BCUT2D eigenvalue weighted by Gasteiger charge is -2.09. The van der Waals surface area contributed by atoms with E-state index in [9.17, 15) is 8.78 Å². The third-order valence-corrected chi connectivity index (χ3v) is 2.74. The maximum atomic E-state index is 12.5. The zero-order valence-corrected chi connectivity index (χ0v) is 8.76. The van der Waals surface area contributed by atoms with Crippen molar-refractivity contribution < 1.29 is 8.78 Å². The van der Waals surface area contributed by atoms with Crippen LogP contribution in [0.25, 0.3) is 0 Å². The lowest BCUT2D eigenvalue weighted by atomic mass is 10.1. The van der Waals surface area contributed by atoms with Crippen LogP contribution in [0.4, 0.5) is 14.6 Å². The quantitative estimate of drug-likeness (QED) is 0.816. The summed E-state index contributed by atoms with van der Waals surface area (Å²) < 4.78 is 25.3. The largest absolute Gasteiger partial charge is 0.383 e. The molecular weight excluding hydrogens is 291 g/mol. The van der Waals surface area contributed by atoms with Crippen molar-refractivity contribution in [2.75, 3.05) is 5.73 Å². The highest BCUT2D eigenvalue weighted by Crippen LogP contribution is 2.29. The van der Waals surface area contributed by atoms with Crippen LogP contribution in [0, 0.1) is 3.57 Å². The van der Waals surface area contributed by atoms with Gasteiger partial charge in [0.2, 0.25) is 0 Å². The van der Waals surface area contributed by atoms with Crippen molar-refractivity contribution in [1.29, 1.82) is 0 Å². The van der Waals surface area contributed by atoms with Gasteiger partial charge in [-0.15, -0.1) is 0 Å². The summed E-state index contributed by atoms with van der Waals surface area (Å²) >= 11 is 1.75. The number of halogens is 3. The molecule has 0 aliphatic carbocycles. The average molecular weight is 299 g/mol. The summed E-state index contributed by atoms with van der Waals surface area (Å²) in [5.41, 5.74) is 10.9. The molecule has 0 bridgehead atoms. The van der Waals surface area contributed by atoms with Gasteiger partial charge in [0.15, 0.2) is 0 Å². The minimum Gasteiger partial charge on any atom is -0.383 e. The highest BCUT2D eigenvalue weighted by molar-refractivity contribution is 14.1. The van der Waals surface area contributed by atoms with Crippen molar-refractivity contribution in [3.8, 4) is 0 Å². The third-order valence-electron chi connectivity index (χ3n) is 1.60. The topological polar surface area (TPSA) is 64.9 Å². The molecule has 0 aromatic carbocycles. The predicted octanol–water partition coefficient (Wildman–Crippen LogP) is 1.66. The van der Waals surface area contributed by atoms with Crippen LogP contribution in [0.5, 0.6) is 0 Å². The second-order valence-corrected chi connectivity index (χ2v) is 3.48. The monoisotopic (exact) mass is 299 g/mol. The van der Waals surface area contributed by atoms with E-state index in [1.807, 2.05) is 0 Å². The number of hydrogen-bond acceptors (Lipinski definition) is 3. The van der Waals surface area contributed by atoms with Crippen LogP contribution in [-0.2, 0) is 6.54 Å². The van der Waals surface area contributed by atoms with E-state index in [0.29, 0.717) is 5.56 Å². The smallest absolute Gasteiger partial charge is 0.265 e. The van der Waals surface area contributed by atoms with E-state index < -0.39 is 6.43 Å². The first-order chi connectivity index (χ1) is 6.07. The van der Waals surface area contributed by atoms with Crippen LogP contribution in [0.2, 0.25) is 0 Å². The van der Waals surface area contributed by atoms with Gasteiger partial charge in [0.05, 0.1) is 3.57 Å². The number of hydrogen-bond donors (Lipinski definition) is 2. The van der Waals surface area contributed by atoms with Crippen LogP contribution >= 0.6 is 22.6 Å². The molecule has 0 unspecified atom stereocenters. The van der Waals surface area contributed by atoms with E-state index in [4.69, 9.17) is 11.5 Å². The van der Waals surface area contributed by atoms with E-state index in [-0.39, 0.29) is 21.5 Å². The molecule has 0 amide bonds. The van der Waals surface area contributed by atoms with E-state index in [2.05, 4.69) is 4.98 Å². The highest BCUT2D eigenvalue weighted by Gasteiger charge is 2.18. The average Bonchev–Trinajstić information content (AvgIpc) is 2.08. The number of pyridine rings is 1. The minimum atomic E-state index is -2.56. The fourth-order valence-corrected chi connectivity index (χ4v) is 1.67. The zero-order chi connectivity index (χ0) is 10.0. The fourth-order valence-electron chi connectivity index (χ4n) is 0.951. The molecule has 4 N–H and O–H groups in total. The lowest BCUT2D eigenvalue weighted by Crippen LogP contribution is -2.08. The molecule has 13 heavy (non-hydrogen) atoms. The van der Waals surface area contributed by atoms with Gasteiger partial charge < -0.3 is 11.5 Å². The van der Waals surface area contributed by atoms with Crippen LogP contribution in [0.15, 0.2) is 6.20 Å². The number of anilines is 1. The van der Waals surface area contributed by atoms with Crippen molar-refractivity contribution in [1.82, 2.24) is 4.98 Å². The van der Waals surface area contributed by atoms with Crippen LogP contribution < -0.4 is 11.5 Å². The van der Waals surface area contributed by atoms with Gasteiger partial charge in [0.25, 0.3) is 6.43 Å². The van der Waals surface area contributed by atoms with Crippen LogP contribution in [0.1, 0.15) is 17.6 Å². The second-order valence-electron chi connectivity index (χ2n) is 2.40. The van der Waals surface area contributed by atoms with Crippen molar-refractivity contribution in [3.05, 3.63) is 20.9 Å². The molecule has 0 aliphatic heterocycles. The van der Waals surface area contributed by atoms with Gasteiger partial charge in [-0.2, -0.15) is 0 Å². The third kappa shape index (κ3) is 2.05. The number of nitrogens with zero attached hydrogens (tertiary/aromatic N) is 1. The van der Waals surface area contributed by atoms with Crippen LogP contribution in [-0.4, -0.2) is 4.98 Å². The van der Waals surface area contributed by atoms with Crippen molar-refractivity contribution in [2.24, 2.45) is 5.73 Å². The van der Waals surface area contributed by atoms with Gasteiger partial charge in [-0.1, -0.05) is 0 Å². The number of rotatable bonds is 2. The Hall–Kier alpha value is -0.500. The van der Waals surface area contributed by atoms with E-state index >= 15 is 0 Å². The zero-order valence-electron chi connectivity index (χ0n) is 6.60. The Kier molecular flexibility index (Phi) is 3.37. The predicted molar refractivity (Wildman–Crippen MR) is 54.2 cm³/mol. The minimum absolute atomic E-state index is 0.0446. The van der Waals surface area contributed by atoms with Gasteiger partial charge in [-0.05, 0) is 28.2 Å². The standard InChI is InChI=1S/C7H8F2IN3/c8-6(9)4-3(1-11)2-13-7(12)5(4)10/h2,6H,1,11H2,(H2,12,13). The SMILES string of the molecule is NCc1cnc(N)c(I)c1C(F)F. The van der Waals surface area contributed by atoms with E-state index in [1.54, 1.807) is 22.6 Å². The Balaban J connectivity index is 3.32. The molecule has 1 heterocycles. The summed E-state index contributed by atoms with van der Waals surface area (Å²) in [6.45, 7) is 0.0446. The molecule has 1 aromatic rings. The van der Waals surface area contributed by atoms with Gasteiger partial charge >= 0.3 is 0 Å². The maximum Gasteiger partial charge on any atom is 0.265 e. The highest BCUT2D eigenvalue weighted by atomic mass is 127. The maximum absolute atomic E-state index is 12.5. The number of nitrogen functional groups attached to an aromatic ring is 1. The lowest BCUT2D eigenvalue weighted by molar-refractivity contribution is 0.149. The Labute approximate surface area is 87.7 Å². The molecule has 1 rings (SSSR count). The first-order valence-corrected chi connectivity index (χ1v) is 4.56. The molecule has 0 saturated carbocycles. The van der Waals surface area contributed by atoms with Gasteiger partial charge in [0.1, 0.15) is 5.82 Å². The number of aromatic nitrogens is 1. The first-order valence-electron chi connectivity index (χ1n) is 3.49. The summed E-state index contributed by atoms with van der Waals surface area (Å²) in [4.78, 5) is 3.75. The van der Waals surface area contributed by atoms with Crippen molar-refractivity contribution >= 4 is 28.4 Å². The van der Waals surface area contributed by atoms with Gasteiger partial charge in [0, 0.05) is 18.3 Å². The molecule has 0 saturated heterocycles. The summed E-state index contributed by atoms with van der Waals surface area (Å²) in [6, 6.07) is 0. The van der Waals surface area contributed by atoms with E-state index in [0.717, 1.165) is 0 Å². The van der Waals surface area contributed by atoms with Gasteiger partial charge in [-0.25, -0.2) is 13.8 Å². The Bertz CT molecular complexity index is 317. The number of nitrogens with two attached hydrogens (primary N) is 2.